The number of benzene rings is 2. The number of aryl methyl sites for hydroxylation is 1. The summed E-state index contributed by atoms with van der Waals surface area (Å²) in [6.45, 7) is 5.86. The van der Waals surface area contributed by atoms with E-state index in [0.29, 0.717) is 11.6 Å². The number of carbonyl (C=O) groups excluding carboxylic acids is 1. The van der Waals surface area contributed by atoms with Crippen molar-refractivity contribution in [1.29, 1.82) is 0 Å². The minimum Gasteiger partial charge on any atom is -0.378 e. The van der Waals surface area contributed by atoms with Crippen LogP contribution in [0.3, 0.4) is 0 Å². The molecule has 2 fully saturated rings. The molecule has 0 unspecified atom stereocenters. The quantitative estimate of drug-likeness (QED) is 0.845. The lowest BCUT2D eigenvalue weighted by Crippen LogP contribution is -2.56. The van der Waals surface area contributed by atoms with Crippen LogP contribution in [0.5, 0.6) is 0 Å². The van der Waals surface area contributed by atoms with Gasteiger partial charge in [-0.2, -0.15) is 0 Å². The maximum Gasteiger partial charge on any atom is 0.251 e. The predicted octanol–water partition coefficient (Wildman–Crippen LogP) is 2.97. The Morgan fingerprint density at radius 2 is 1.80 bits per heavy atom. The highest BCUT2D eigenvalue weighted by atomic mass is 19.1. The van der Waals surface area contributed by atoms with E-state index < -0.39 is 0 Å². The number of rotatable bonds is 4. The monoisotopic (exact) mass is 408 g/mol. The molecule has 0 aromatic heterocycles. The third-order valence-corrected chi connectivity index (χ3v) is 6.49. The normalized spacial score (nSPS) is 22.3. The van der Waals surface area contributed by atoms with Gasteiger partial charge in [0.05, 0.1) is 25.3 Å². The number of nitrogens with one attached hydrogen (secondary N) is 1. The van der Waals surface area contributed by atoms with Crippen molar-refractivity contribution in [3.05, 3.63) is 71.4 Å². The fraction of sp³-hybridized carbons (Fsp3) is 0.417. The summed E-state index contributed by atoms with van der Waals surface area (Å²) in [4.78, 5) is 17.6. The van der Waals surface area contributed by atoms with Crippen LogP contribution in [0.15, 0.2) is 42.5 Å². The molecule has 1 atom stereocenters. The lowest BCUT2D eigenvalue weighted by molar-refractivity contribution is -0.0660. The van der Waals surface area contributed by atoms with Crippen molar-refractivity contribution in [1.82, 2.24) is 10.2 Å². The average molecular weight is 408 g/mol. The van der Waals surface area contributed by atoms with E-state index in [9.17, 15) is 9.18 Å². The summed E-state index contributed by atoms with van der Waals surface area (Å²) >= 11 is 0. The molecule has 0 bridgehead atoms. The maximum atomic E-state index is 13.2. The van der Waals surface area contributed by atoms with Crippen molar-refractivity contribution in [2.45, 2.75) is 24.9 Å². The number of ether oxygens (including phenoxy) is 1. The zero-order valence-corrected chi connectivity index (χ0v) is 17.0. The second-order valence-corrected chi connectivity index (χ2v) is 8.33. The largest absolute Gasteiger partial charge is 0.378 e. The number of amides is 1. The Balaban J connectivity index is 1.29. The fourth-order valence-corrected chi connectivity index (χ4v) is 4.57. The van der Waals surface area contributed by atoms with Crippen LogP contribution in [0.4, 0.5) is 10.1 Å². The van der Waals surface area contributed by atoms with E-state index in [1.165, 1.54) is 41.1 Å². The zero-order chi connectivity index (χ0) is 20.5. The molecule has 1 N–H and O–H groups in total. The highest BCUT2D eigenvalue weighted by Crippen LogP contribution is 2.33. The van der Waals surface area contributed by atoms with Gasteiger partial charge in [0.2, 0.25) is 0 Å². The molecule has 0 spiro atoms. The Morgan fingerprint density at radius 1 is 1.03 bits per heavy atom. The van der Waals surface area contributed by atoms with E-state index in [0.717, 1.165) is 52.2 Å². The smallest absolute Gasteiger partial charge is 0.251 e. The first-order chi connectivity index (χ1) is 14.7. The average Bonchev–Trinajstić information content (AvgIpc) is 2.73. The van der Waals surface area contributed by atoms with Crippen LogP contribution in [0, 0.1) is 12.2 Å². The Bertz CT molecular complexity index is 905. The summed E-state index contributed by atoms with van der Waals surface area (Å²) in [7, 11) is 0. The molecule has 1 aliphatic carbocycles. The molecule has 2 aromatic rings. The van der Waals surface area contributed by atoms with E-state index >= 15 is 0 Å². The first-order valence-corrected chi connectivity index (χ1v) is 10.8. The van der Waals surface area contributed by atoms with Gasteiger partial charge in [0.1, 0.15) is 5.82 Å². The van der Waals surface area contributed by atoms with E-state index in [1.807, 2.05) is 0 Å². The number of anilines is 1. The molecule has 6 heteroatoms. The summed E-state index contributed by atoms with van der Waals surface area (Å²) in [5, 5.41) is 3.12. The molecule has 2 aliphatic heterocycles. The summed E-state index contributed by atoms with van der Waals surface area (Å²) in [6.07, 6.45) is 4.10. The number of fused-ring (bicyclic) bond motifs is 1. The minimum atomic E-state index is -0.337. The van der Waals surface area contributed by atoms with Crippen LogP contribution in [-0.2, 0) is 11.2 Å². The summed E-state index contributed by atoms with van der Waals surface area (Å²) in [6, 6.07) is 12.8. The zero-order valence-electron chi connectivity index (χ0n) is 17.0. The van der Waals surface area contributed by atoms with Gasteiger partial charge in [-0.05, 0) is 66.8 Å². The van der Waals surface area contributed by atoms with Crippen molar-refractivity contribution < 1.29 is 13.9 Å². The van der Waals surface area contributed by atoms with Crippen LogP contribution in [0.1, 0.15) is 33.9 Å². The van der Waals surface area contributed by atoms with Gasteiger partial charge in [-0.15, -0.1) is 0 Å². The standard InChI is InChI=1S/C24H27FN3O2/c25-19-7-4-18(5-8-19)24(29)26-23-3-1-2-17-6-9-20(14-22(17)23)27-10-12-28(13-11-27)21-15-30-16-21/h3-9,14,21,23H,1-2,10-13,15-16H2,(H,26,29)/t23-/m0/s1. The van der Waals surface area contributed by atoms with Gasteiger partial charge in [-0.3, -0.25) is 9.69 Å². The molecule has 157 valence electrons. The maximum absolute atomic E-state index is 13.2. The SMILES string of the molecule is O=C(N[C@H]1[CH]CCc2ccc(N3CCN(C4COC4)CC3)cc21)c1ccc(F)cc1. The number of nitrogens with zero attached hydrogens (tertiary/aromatic N) is 2. The van der Waals surface area contributed by atoms with Gasteiger partial charge >= 0.3 is 0 Å². The molecule has 0 saturated carbocycles. The lowest BCUT2D eigenvalue weighted by Gasteiger charge is -2.43. The molecule has 2 aromatic carbocycles. The van der Waals surface area contributed by atoms with Crippen molar-refractivity contribution in [2.75, 3.05) is 44.3 Å². The highest BCUT2D eigenvalue weighted by Gasteiger charge is 2.29. The van der Waals surface area contributed by atoms with Gasteiger partial charge in [0.25, 0.3) is 5.91 Å². The second kappa shape index (κ2) is 8.36. The van der Waals surface area contributed by atoms with Gasteiger partial charge in [-0.1, -0.05) is 6.07 Å². The molecule has 5 nitrogen and oxygen atoms in total. The Hall–Kier alpha value is -2.44. The van der Waals surface area contributed by atoms with Crippen molar-refractivity contribution >= 4 is 11.6 Å². The highest BCUT2D eigenvalue weighted by molar-refractivity contribution is 5.94. The van der Waals surface area contributed by atoms with Crippen molar-refractivity contribution in [3.8, 4) is 0 Å². The Labute approximate surface area is 176 Å². The molecule has 2 saturated heterocycles. The Morgan fingerprint density at radius 3 is 2.50 bits per heavy atom. The first-order valence-electron chi connectivity index (χ1n) is 10.8. The van der Waals surface area contributed by atoms with Crippen molar-refractivity contribution in [3.63, 3.8) is 0 Å². The summed E-state index contributed by atoms with van der Waals surface area (Å²) in [5.41, 5.74) is 4.15. The number of hydrogen-bond donors (Lipinski definition) is 1. The third kappa shape index (κ3) is 3.94. The van der Waals surface area contributed by atoms with E-state index in [1.54, 1.807) is 0 Å². The molecular weight excluding hydrogens is 381 g/mol. The van der Waals surface area contributed by atoms with Crippen molar-refractivity contribution in [2.24, 2.45) is 0 Å². The van der Waals surface area contributed by atoms with E-state index in [-0.39, 0.29) is 17.8 Å². The van der Waals surface area contributed by atoms with Gasteiger partial charge in [0.15, 0.2) is 0 Å². The molecule has 1 radical (unpaired) electrons. The Kier molecular flexibility index (Phi) is 5.44. The molecule has 5 rings (SSSR count). The third-order valence-electron chi connectivity index (χ3n) is 6.49. The van der Waals surface area contributed by atoms with E-state index in [4.69, 9.17) is 4.74 Å². The first kappa shape index (κ1) is 19.5. The predicted molar refractivity (Wildman–Crippen MR) is 114 cm³/mol. The number of carbonyl (C=O) groups is 1. The minimum absolute atomic E-state index is 0.125. The van der Waals surface area contributed by atoms with Crippen LogP contribution in [0.2, 0.25) is 0 Å². The second-order valence-electron chi connectivity index (χ2n) is 8.33. The summed E-state index contributed by atoms with van der Waals surface area (Å²) < 4.78 is 18.5. The number of halogens is 1. The number of hydrogen-bond acceptors (Lipinski definition) is 4. The van der Waals surface area contributed by atoms with Crippen LogP contribution < -0.4 is 10.2 Å². The molecule has 1 amide bonds. The molecule has 30 heavy (non-hydrogen) atoms. The molecule has 2 heterocycles. The van der Waals surface area contributed by atoms with Crippen LogP contribution >= 0.6 is 0 Å². The van der Waals surface area contributed by atoms with Gasteiger partial charge in [0, 0.05) is 37.4 Å². The lowest BCUT2D eigenvalue weighted by atomic mass is 9.87. The van der Waals surface area contributed by atoms with Crippen LogP contribution in [0.25, 0.3) is 0 Å². The number of piperazine rings is 1. The van der Waals surface area contributed by atoms with E-state index in [2.05, 4.69) is 39.7 Å². The topological polar surface area (TPSA) is 44.8 Å². The molecular formula is C24H27FN3O2. The summed E-state index contributed by atoms with van der Waals surface area (Å²) in [5.74, 6) is -0.512. The van der Waals surface area contributed by atoms with Gasteiger partial charge in [-0.25, -0.2) is 4.39 Å². The van der Waals surface area contributed by atoms with Gasteiger partial charge < -0.3 is 15.0 Å². The fourth-order valence-electron chi connectivity index (χ4n) is 4.57. The molecule has 3 aliphatic rings. The van der Waals surface area contributed by atoms with Crippen LogP contribution in [-0.4, -0.2) is 56.2 Å².